The monoisotopic (exact) mass is 676 g/mol. The lowest BCUT2D eigenvalue weighted by Crippen LogP contribution is -2.35. The van der Waals surface area contributed by atoms with Crippen molar-refractivity contribution >= 4 is 64.6 Å². The molecule has 0 bridgehead atoms. The third kappa shape index (κ3) is 7.68. The van der Waals surface area contributed by atoms with Gasteiger partial charge in [0.25, 0.3) is 15.6 Å². The molecule has 12 heteroatoms. The van der Waals surface area contributed by atoms with Gasteiger partial charge < -0.3 is 18.6 Å². The maximum absolute atomic E-state index is 11.4. The van der Waals surface area contributed by atoms with E-state index in [4.69, 9.17) is 9.15 Å². The first-order valence-corrected chi connectivity index (χ1v) is 18.8. The van der Waals surface area contributed by atoms with Gasteiger partial charge in [0.2, 0.25) is 11.5 Å². The molecule has 6 rings (SSSR count). The highest BCUT2D eigenvalue weighted by molar-refractivity contribution is 7.85. The zero-order valence-corrected chi connectivity index (χ0v) is 27.6. The predicted molar refractivity (Wildman–Crippen MR) is 182 cm³/mol. The Morgan fingerprint density at radius 1 is 0.894 bits per heavy atom. The van der Waals surface area contributed by atoms with E-state index in [1.54, 1.807) is 0 Å². The Labute approximate surface area is 274 Å². The molecule has 0 saturated carbocycles. The second-order valence-corrected chi connectivity index (χ2v) is 14.8. The van der Waals surface area contributed by atoms with Crippen LogP contribution in [0.4, 0.5) is 5.69 Å². The number of aromatic nitrogens is 1. The lowest BCUT2D eigenvalue weighted by Gasteiger charge is -2.19. The van der Waals surface area contributed by atoms with Crippen molar-refractivity contribution in [3.05, 3.63) is 96.2 Å². The molecule has 0 atom stereocenters. The number of ether oxygens (including phenoxy) is 1. The molecule has 0 unspecified atom stereocenters. The van der Waals surface area contributed by atoms with Crippen molar-refractivity contribution in [2.24, 2.45) is 0 Å². The molecule has 0 spiro atoms. The lowest BCUT2D eigenvalue weighted by molar-refractivity contribution is -0.677. The first-order chi connectivity index (χ1) is 22.5. The van der Waals surface area contributed by atoms with Gasteiger partial charge in [-0.1, -0.05) is 55.5 Å². The van der Waals surface area contributed by atoms with Crippen molar-refractivity contribution in [3.63, 3.8) is 0 Å². The normalized spacial score (nSPS) is 14.8. The van der Waals surface area contributed by atoms with Crippen molar-refractivity contribution in [2.75, 3.05) is 23.0 Å². The van der Waals surface area contributed by atoms with Crippen molar-refractivity contribution in [2.45, 2.75) is 45.6 Å². The minimum atomic E-state index is -4.30. The first kappa shape index (κ1) is 32.7. The fraction of sp³-hybridized carbons (Fsp3) is 0.286. The summed E-state index contributed by atoms with van der Waals surface area (Å²) < 4.78 is 80.5. The molecule has 1 N–H and O–H groups in total. The van der Waals surface area contributed by atoms with Crippen LogP contribution in [0.5, 0.6) is 5.75 Å². The standard InChI is InChI=1S/C35H36N2O8S2/c1-2-25(21-33-36(17-7-9-19-46(38,39)40)30-23-27-12-3-4-13-28(27)24-32(30)45-33)22-34-37(18-8-10-20-47(41,42)43)35-29-14-6-5-11-26(29)15-16-31(35)44-34/h3-6,11-16,21-24H,2,7-10,17-20H2,1H3,(H-,38,39,40,41,42,43). The summed E-state index contributed by atoms with van der Waals surface area (Å²) in [5, 5.41) is 4.12. The molecule has 10 nitrogen and oxygen atoms in total. The van der Waals surface area contributed by atoms with Gasteiger partial charge in [0.05, 0.1) is 33.0 Å². The van der Waals surface area contributed by atoms with E-state index in [2.05, 4.69) is 6.07 Å². The number of anilines is 1. The number of oxazole rings is 1. The van der Waals surface area contributed by atoms with Crippen LogP contribution in [0.15, 0.2) is 94.7 Å². The summed E-state index contributed by atoms with van der Waals surface area (Å²) in [6.07, 6.45) is 6.04. The Morgan fingerprint density at radius 3 is 2.32 bits per heavy atom. The molecular weight excluding hydrogens is 641 g/mol. The van der Waals surface area contributed by atoms with Gasteiger partial charge in [0, 0.05) is 24.8 Å². The molecule has 2 heterocycles. The number of hydrogen-bond acceptors (Lipinski definition) is 8. The van der Waals surface area contributed by atoms with Crippen LogP contribution in [0, 0.1) is 0 Å². The van der Waals surface area contributed by atoms with Crippen molar-refractivity contribution in [1.29, 1.82) is 0 Å². The van der Waals surface area contributed by atoms with Gasteiger partial charge in [-0.2, -0.15) is 13.0 Å². The summed E-state index contributed by atoms with van der Waals surface area (Å²) in [4.78, 5) is 2.01. The number of aryl methyl sites for hydroxylation is 1. The maximum Gasteiger partial charge on any atom is 0.374 e. The minimum Gasteiger partial charge on any atom is -0.748 e. The van der Waals surface area contributed by atoms with E-state index in [1.165, 1.54) is 0 Å². The molecule has 5 aromatic rings. The van der Waals surface area contributed by atoms with E-state index < -0.39 is 26.0 Å². The summed E-state index contributed by atoms with van der Waals surface area (Å²) in [7, 11) is -8.37. The van der Waals surface area contributed by atoms with Crippen LogP contribution >= 0.6 is 0 Å². The van der Waals surface area contributed by atoms with Crippen LogP contribution in [0.1, 0.15) is 44.9 Å². The summed E-state index contributed by atoms with van der Waals surface area (Å²) in [6, 6.07) is 23.9. The van der Waals surface area contributed by atoms with Gasteiger partial charge in [-0.05, 0) is 71.7 Å². The number of allylic oxidation sites excluding steroid dienone is 2. The van der Waals surface area contributed by atoms with Crippen molar-refractivity contribution in [3.8, 4) is 5.75 Å². The quantitative estimate of drug-likeness (QED) is 0.0835. The minimum absolute atomic E-state index is 0.236. The second kappa shape index (κ2) is 13.5. The van der Waals surface area contributed by atoms with Crippen LogP contribution in [-0.2, 0) is 26.8 Å². The van der Waals surface area contributed by atoms with Crippen LogP contribution in [0.25, 0.3) is 38.7 Å². The number of hydrogen-bond donors (Lipinski definition) is 1. The molecule has 1 aromatic heterocycles. The molecule has 0 saturated heterocycles. The Kier molecular flexibility index (Phi) is 9.38. The Morgan fingerprint density at radius 2 is 1.60 bits per heavy atom. The molecule has 4 aromatic carbocycles. The molecule has 47 heavy (non-hydrogen) atoms. The molecule has 0 fully saturated rings. The third-order valence-electron chi connectivity index (χ3n) is 8.30. The van der Waals surface area contributed by atoms with E-state index >= 15 is 0 Å². The molecular formula is C35H36N2O8S2. The van der Waals surface area contributed by atoms with E-state index in [1.807, 2.05) is 95.3 Å². The van der Waals surface area contributed by atoms with Gasteiger partial charge in [0.15, 0.2) is 12.3 Å². The number of nitrogens with zero attached hydrogens (tertiary/aromatic N) is 2. The largest absolute Gasteiger partial charge is 0.748 e. The highest BCUT2D eigenvalue weighted by Gasteiger charge is 2.28. The van der Waals surface area contributed by atoms with E-state index in [-0.39, 0.29) is 12.2 Å². The topological polar surface area (TPSA) is 141 Å². The smallest absolute Gasteiger partial charge is 0.374 e. The van der Waals surface area contributed by atoms with Crippen LogP contribution in [-0.4, -0.2) is 44.0 Å². The van der Waals surface area contributed by atoms with Crippen molar-refractivity contribution in [1.82, 2.24) is 0 Å². The van der Waals surface area contributed by atoms with Gasteiger partial charge in [-0.25, -0.2) is 8.42 Å². The molecule has 0 aliphatic carbocycles. The number of unbranched alkanes of at least 4 members (excludes halogenated alkanes) is 2. The van der Waals surface area contributed by atoms with E-state index in [9.17, 15) is 25.9 Å². The summed E-state index contributed by atoms with van der Waals surface area (Å²) in [5.74, 6) is 1.12. The molecule has 0 radical (unpaired) electrons. The second-order valence-electron chi connectivity index (χ2n) is 11.7. The van der Waals surface area contributed by atoms with Gasteiger partial charge in [-0.15, -0.1) is 0 Å². The van der Waals surface area contributed by atoms with Crippen molar-refractivity contribution < 1.29 is 39.7 Å². The zero-order valence-electron chi connectivity index (χ0n) is 26.0. The van der Waals surface area contributed by atoms with Crippen LogP contribution < -0.4 is 14.2 Å². The highest BCUT2D eigenvalue weighted by Crippen LogP contribution is 2.42. The number of rotatable bonds is 13. The highest BCUT2D eigenvalue weighted by atomic mass is 32.2. The van der Waals surface area contributed by atoms with Gasteiger partial charge >= 0.3 is 5.89 Å². The Balaban J connectivity index is 1.38. The molecule has 1 aliphatic heterocycles. The predicted octanol–water partition coefficient (Wildman–Crippen LogP) is 6.55. The fourth-order valence-electron chi connectivity index (χ4n) is 5.99. The summed E-state index contributed by atoms with van der Waals surface area (Å²) in [6.45, 7) is 2.95. The van der Waals surface area contributed by atoms with Crippen LogP contribution in [0.3, 0.4) is 0 Å². The Bertz CT molecular complexity index is 2240. The average Bonchev–Trinajstić information content (AvgIpc) is 3.55. The molecule has 1 aliphatic rings. The van der Waals surface area contributed by atoms with Gasteiger partial charge in [0.1, 0.15) is 0 Å². The van der Waals surface area contributed by atoms with E-state index in [0.717, 1.165) is 38.3 Å². The SMILES string of the molecule is CCC(=Cc1oc2ccc3ccccc3c2[n+]1CCCCS(=O)(=O)O)C=C1Oc2cc3ccccc3cc2N1CCCCS(=O)(=O)[O-]. The zero-order chi connectivity index (χ0) is 33.2. The maximum atomic E-state index is 11.4. The number of benzene rings is 4. The van der Waals surface area contributed by atoms with Crippen LogP contribution in [0.2, 0.25) is 0 Å². The lowest BCUT2D eigenvalue weighted by atomic mass is 10.1. The summed E-state index contributed by atoms with van der Waals surface area (Å²) >= 11 is 0. The molecule has 246 valence electrons. The number of fused-ring (bicyclic) bond motifs is 5. The fourth-order valence-corrected chi connectivity index (χ4v) is 7.12. The first-order valence-electron chi connectivity index (χ1n) is 15.6. The average molecular weight is 677 g/mol. The Hall–Kier alpha value is -4.23. The van der Waals surface area contributed by atoms with Gasteiger partial charge in [-0.3, -0.25) is 4.55 Å². The summed E-state index contributed by atoms with van der Waals surface area (Å²) in [5.41, 5.74) is 3.36. The molecule has 0 amide bonds. The third-order valence-corrected chi connectivity index (χ3v) is 9.89. The van der Waals surface area contributed by atoms with E-state index in [0.29, 0.717) is 61.9 Å².